The van der Waals surface area contributed by atoms with Gasteiger partial charge >= 0.3 is 0 Å². The van der Waals surface area contributed by atoms with E-state index in [1.54, 1.807) is 12.3 Å². The minimum absolute atomic E-state index is 0.0584. The normalized spacial score (nSPS) is 23.7. The van der Waals surface area contributed by atoms with Crippen LogP contribution in [0.1, 0.15) is 41.7 Å². The van der Waals surface area contributed by atoms with Crippen molar-refractivity contribution in [2.75, 3.05) is 6.54 Å². The van der Waals surface area contributed by atoms with Crippen LogP contribution < -0.4 is 5.32 Å². The van der Waals surface area contributed by atoms with Gasteiger partial charge in [-0.25, -0.2) is 0 Å². The van der Waals surface area contributed by atoms with Crippen molar-refractivity contribution in [3.05, 3.63) is 29.6 Å². The highest BCUT2D eigenvalue weighted by atomic mass is 35.5. The predicted molar refractivity (Wildman–Crippen MR) is 72.9 cm³/mol. The molecule has 0 bridgehead atoms. The second-order valence-corrected chi connectivity index (χ2v) is 5.52. The van der Waals surface area contributed by atoms with Crippen LogP contribution in [0.2, 0.25) is 0 Å². The molecule has 2 unspecified atom stereocenters. The Hall–Kier alpha value is -1.09. The van der Waals surface area contributed by atoms with E-state index in [0.29, 0.717) is 18.0 Å². The zero-order valence-corrected chi connectivity index (χ0v) is 11.4. The van der Waals surface area contributed by atoms with Gasteiger partial charge in [-0.2, -0.15) is 0 Å². The summed E-state index contributed by atoms with van der Waals surface area (Å²) in [6.07, 6.45) is 6.22. The summed E-state index contributed by atoms with van der Waals surface area (Å²) in [5.74, 6) is 0.347. The average Bonchev–Trinajstić information content (AvgIpc) is 2.38. The fourth-order valence-electron chi connectivity index (χ4n) is 2.32. The van der Waals surface area contributed by atoms with Crippen LogP contribution in [0.5, 0.6) is 0 Å². The summed E-state index contributed by atoms with van der Waals surface area (Å²) in [6.45, 7) is 2.57. The molecule has 1 saturated carbocycles. The molecule has 1 heterocycles. The summed E-state index contributed by atoms with van der Waals surface area (Å²) in [5.41, 5.74) is 1.53. The van der Waals surface area contributed by atoms with Crippen LogP contribution in [0.15, 0.2) is 18.3 Å². The maximum atomic E-state index is 11.9. The molecule has 1 amide bonds. The van der Waals surface area contributed by atoms with Gasteiger partial charge in [0.1, 0.15) is 0 Å². The van der Waals surface area contributed by atoms with E-state index < -0.39 is 0 Å². The Bertz CT molecular complexity index is 405. The van der Waals surface area contributed by atoms with Gasteiger partial charge in [-0.15, -0.1) is 11.6 Å². The summed E-state index contributed by atoms with van der Waals surface area (Å²) in [6, 6.07) is 3.65. The fraction of sp³-hybridized carbons (Fsp3) is 0.571. The van der Waals surface area contributed by atoms with Crippen LogP contribution >= 0.6 is 11.6 Å². The van der Waals surface area contributed by atoms with Gasteiger partial charge in [0.2, 0.25) is 0 Å². The number of carbonyl (C=O) groups excluding carboxylic acids is 1. The molecule has 1 N–H and O–H groups in total. The number of amides is 1. The third kappa shape index (κ3) is 3.45. The first-order valence-electron chi connectivity index (χ1n) is 6.52. The Kier molecular flexibility index (Phi) is 4.59. The number of hydrogen-bond acceptors (Lipinski definition) is 2. The van der Waals surface area contributed by atoms with E-state index in [-0.39, 0.29) is 11.3 Å². The van der Waals surface area contributed by atoms with E-state index >= 15 is 0 Å². The highest BCUT2D eigenvalue weighted by molar-refractivity contribution is 6.20. The molecule has 0 aliphatic heterocycles. The molecule has 0 radical (unpaired) electrons. The highest BCUT2D eigenvalue weighted by Crippen LogP contribution is 2.27. The van der Waals surface area contributed by atoms with Crippen molar-refractivity contribution in [1.82, 2.24) is 10.3 Å². The summed E-state index contributed by atoms with van der Waals surface area (Å²) in [4.78, 5) is 16.0. The Morgan fingerprint density at radius 2 is 2.22 bits per heavy atom. The minimum atomic E-state index is -0.0584. The zero-order valence-electron chi connectivity index (χ0n) is 10.7. The van der Waals surface area contributed by atoms with Crippen molar-refractivity contribution in [2.24, 2.45) is 5.92 Å². The van der Waals surface area contributed by atoms with Crippen LogP contribution in [0.3, 0.4) is 0 Å². The first-order chi connectivity index (χ1) is 8.66. The fourth-order valence-corrected chi connectivity index (χ4v) is 2.69. The number of halogens is 1. The lowest BCUT2D eigenvalue weighted by Crippen LogP contribution is -2.34. The van der Waals surface area contributed by atoms with Gasteiger partial charge in [0.15, 0.2) is 0 Å². The predicted octanol–water partition coefficient (Wildman–Crippen LogP) is 2.92. The summed E-state index contributed by atoms with van der Waals surface area (Å²) in [5, 5.41) is 3.16. The Balaban J connectivity index is 1.86. The largest absolute Gasteiger partial charge is 0.352 e. The molecule has 18 heavy (non-hydrogen) atoms. The van der Waals surface area contributed by atoms with Crippen molar-refractivity contribution < 1.29 is 4.79 Å². The van der Waals surface area contributed by atoms with Crippen LogP contribution in [-0.2, 0) is 0 Å². The quantitative estimate of drug-likeness (QED) is 0.855. The van der Waals surface area contributed by atoms with Gasteiger partial charge in [-0.05, 0) is 37.8 Å². The van der Waals surface area contributed by atoms with Crippen molar-refractivity contribution in [2.45, 2.75) is 38.0 Å². The molecular weight excluding hydrogens is 248 g/mol. The molecule has 4 heteroatoms. The van der Waals surface area contributed by atoms with E-state index in [0.717, 1.165) is 18.5 Å². The van der Waals surface area contributed by atoms with Crippen LogP contribution in [-0.4, -0.2) is 22.8 Å². The number of nitrogens with one attached hydrogen (secondary N) is 1. The monoisotopic (exact) mass is 266 g/mol. The standard InChI is InChI=1S/C14H19ClN2O/c1-10-6-7-12(9-16-10)14(18)17-8-11-4-2-3-5-13(11)15/h6-7,9,11,13H,2-5,8H2,1H3,(H,17,18). The molecular formula is C14H19ClN2O. The smallest absolute Gasteiger partial charge is 0.252 e. The van der Waals surface area contributed by atoms with Gasteiger partial charge < -0.3 is 5.32 Å². The first-order valence-corrected chi connectivity index (χ1v) is 6.95. The molecule has 0 spiro atoms. The summed E-state index contributed by atoms with van der Waals surface area (Å²) >= 11 is 6.27. The molecule has 0 aromatic carbocycles. The number of aromatic nitrogens is 1. The number of carbonyl (C=O) groups is 1. The maximum absolute atomic E-state index is 11.9. The van der Waals surface area contributed by atoms with Crippen molar-refractivity contribution in [1.29, 1.82) is 0 Å². The Morgan fingerprint density at radius 1 is 1.44 bits per heavy atom. The number of rotatable bonds is 3. The summed E-state index contributed by atoms with van der Waals surface area (Å²) < 4.78 is 0. The topological polar surface area (TPSA) is 42.0 Å². The van der Waals surface area contributed by atoms with Crippen molar-refractivity contribution >= 4 is 17.5 Å². The lowest BCUT2D eigenvalue weighted by molar-refractivity contribution is 0.0943. The van der Waals surface area contributed by atoms with E-state index in [4.69, 9.17) is 11.6 Å². The molecule has 98 valence electrons. The van der Waals surface area contributed by atoms with Gasteiger partial charge in [0.05, 0.1) is 5.56 Å². The lowest BCUT2D eigenvalue weighted by atomic mass is 9.88. The van der Waals surface area contributed by atoms with Crippen LogP contribution in [0.25, 0.3) is 0 Å². The second-order valence-electron chi connectivity index (χ2n) is 4.96. The SMILES string of the molecule is Cc1ccc(C(=O)NCC2CCCCC2Cl)cn1. The van der Waals surface area contributed by atoms with Crippen molar-refractivity contribution in [3.63, 3.8) is 0 Å². The van der Waals surface area contributed by atoms with Crippen LogP contribution in [0.4, 0.5) is 0 Å². The summed E-state index contributed by atoms with van der Waals surface area (Å²) in [7, 11) is 0. The van der Waals surface area contributed by atoms with Gasteiger partial charge in [0, 0.05) is 23.8 Å². The second kappa shape index (κ2) is 6.19. The molecule has 1 aliphatic rings. The number of pyridine rings is 1. The van der Waals surface area contributed by atoms with E-state index in [1.165, 1.54) is 12.8 Å². The van der Waals surface area contributed by atoms with Gasteiger partial charge in [-0.3, -0.25) is 9.78 Å². The van der Waals surface area contributed by atoms with E-state index in [1.807, 2.05) is 13.0 Å². The van der Waals surface area contributed by atoms with E-state index in [2.05, 4.69) is 10.3 Å². The molecule has 2 rings (SSSR count). The Morgan fingerprint density at radius 3 is 2.89 bits per heavy atom. The number of hydrogen-bond donors (Lipinski definition) is 1. The third-order valence-electron chi connectivity index (χ3n) is 3.51. The minimum Gasteiger partial charge on any atom is -0.352 e. The maximum Gasteiger partial charge on any atom is 0.252 e. The third-order valence-corrected chi connectivity index (χ3v) is 4.09. The molecule has 1 aromatic heterocycles. The average molecular weight is 267 g/mol. The highest BCUT2D eigenvalue weighted by Gasteiger charge is 2.23. The van der Waals surface area contributed by atoms with E-state index in [9.17, 15) is 4.79 Å². The molecule has 3 nitrogen and oxygen atoms in total. The van der Waals surface area contributed by atoms with Crippen LogP contribution in [0, 0.1) is 12.8 Å². The number of nitrogens with zero attached hydrogens (tertiary/aromatic N) is 1. The molecule has 2 atom stereocenters. The number of alkyl halides is 1. The van der Waals surface area contributed by atoms with Gasteiger partial charge in [-0.1, -0.05) is 12.8 Å². The molecule has 1 aliphatic carbocycles. The molecule has 0 saturated heterocycles. The lowest BCUT2D eigenvalue weighted by Gasteiger charge is -2.27. The van der Waals surface area contributed by atoms with Gasteiger partial charge in [0.25, 0.3) is 5.91 Å². The van der Waals surface area contributed by atoms with Crippen molar-refractivity contribution in [3.8, 4) is 0 Å². The molecule has 1 fully saturated rings. The zero-order chi connectivity index (χ0) is 13.0. The molecule has 1 aromatic rings. The Labute approximate surface area is 113 Å². The first kappa shape index (κ1) is 13.3. The number of aryl methyl sites for hydroxylation is 1.